The number of anilines is 1. The summed E-state index contributed by atoms with van der Waals surface area (Å²) in [4.78, 5) is 21.3. The molecule has 204 valence electrons. The van der Waals surface area contributed by atoms with E-state index in [0.29, 0.717) is 24.5 Å². The first-order chi connectivity index (χ1) is 18.3. The lowest BCUT2D eigenvalue weighted by molar-refractivity contribution is -0.120. The predicted molar refractivity (Wildman–Crippen MR) is 144 cm³/mol. The SMILES string of the molecule is CCCCNc1ncc2c(-c3ccc(S(=O)(=O)NCC(=O)NC4CC4)cc3)nn(C3CCC(O)CC3)c2n1. The van der Waals surface area contributed by atoms with Crippen molar-refractivity contribution in [3.63, 3.8) is 0 Å². The van der Waals surface area contributed by atoms with Crippen molar-refractivity contribution in [3.05, 3.63) is 30.5 Å². The second-order valence-electron chi connectivity index (χ2n) is 10.2. The number of aromatic nitrogens is 4. The van der Waals surface area contributed by atoms with E-state index in [9.17, 15) is 18.3 Å². The Bertz CT molecular complexity index is 1380. The number of nitrogens with one attached hydrogen (secondary N) is 3. The monoisotopic (exact) mass is 541 g/mol. The first-order valence-electron chi connectivity index (χ1n) is 13.4. The molecule has 1 aromatic carbocycles. The molecule has 1 amide bonds. The van der Waals surface area contributed by atoms with E-state index in [1.165, 1.54) is 12.1 Å². The van der Waals surface area contributed by atoms with Gasteiger partial charge >= 0.3 is 0 Å². The van der Waals surface area contributed by atoms with E-state index < -0.39 is 10.0 Å². The van der Waals surface area contributed by atoms with Gasteiger partial charge in [-0.15, -0.1) is 0 Å². The zero-order valence-corrected chi connectivity index (χ0v) is 22.4. The summed E-state index contributed by atoms with van der Waals surface area (Å²) in [5.41, 5.74) is 2.13. The molecule has 2 saturated carbocycles. The number of fused-ring (bicyclic) bond motifs is 1. The van der Waals surface area contributed by atoms with Crippen LogP contribution < -0.4 is 15.4 Å². The predicted octanol–water partition coefficient (Wildman–Crippen LogP) is 2.74. The fraction of sp³-hybridized carbons (Fsp3) is 0.538. The third-order valence-corrected chi connectivity index (χ3v) is 8.49. The average Bonchev–Trinajstić information content (AvgIpc) is 3.65. The number of rotatable bonds is 11. The van der Waals surface area contributed by atoms with Crippen molar-refractivity contribution in [1.29, 1.82) is 0 Å². The van der Waals surface area contributed by atoms with Crippen LogP contribution in [0.2, 0.25) is 0 Å². The maximum absolute atomic E-state index is 12.7. The number of amides is 1. The van der Waals surface area contributed by atoms with Gasteiger partial charge in [-0.25, -0.2) is 22.8 Å². The summed E-state index contributed by atoms with van der Waals surface area (Å²) in [5.74, 6) is 0.219. The molecular weight excluding hydrogens is 506 g/mol. The molecule has 0 unspecified atom stereocenters. The van der Waals surface area contributed by atoms with Gasteiger partial charge in [0.15, 0.2) is 5.65 Å². The number of aliphatic hydroxyl groups excluding tert-OH is 1. The number of carbonyl (C=O) groups is 1. The molecule has 0 aliphatic heterocycles. The van der Waals surface area contributed by atoms with Gasteiger partial charge in [-0.05, 0) is 57.1 Å². The smallest absolute Gasteiger partial charge is 0.241 e. The molecule has 2 heterocycles. The van der Waals surface area contributed by atoms with E-state index in [4.69, 9.17) is 10.1 Å². The van der Waals surface area contributed by atoms with E-state index in [-0.39, 0.29) is 35.5 Å². The molecule has 0 saturated heterocycles. The summed E-state index contributed by atoms with van der Waals surface area (Å²) in [6.07, 6.45) is 8.48. The van der Waals surface area contributed by atoms with Crippen molar-refractivity contribution in [2.24, 2.45) is 0 Å². The van der Waals surface area contributed by atoms with Crippen LogP contribution in [0.4, 0.5) is 5.95 Å². The summed E-state index contributed by atoms with van der Waals surface area (Å²) in [6.45, 7) is 2.62. The Balaban J connectivity index is 1.40. The maximum Gasteiger partial charge on any atom is 0.241 e. The molecule has 2 aliphatic carbocycles. The van der Waals surface area contributed by atoms with E-state index in [1.807, 2.05) is 4.68 Å². The fourth-order valence-corrected chi connectivity index (χ4v) is 5.68. The Labute approximate surface area is 222 Å². The molecule has 0 atom stereocenters. The summed E-state index contributed by atoms with van der Waals surface area (Å²) >= 11 is 0. The van der Waals surface area contributed by atoms with Crippen molar-refractivity contribution in [3.8, 4) is 11.3 Å². The molecular formula is C26H35N7O4S. The third kappa shape index (κ3) is 6.13. The first kappa shape index (κ1) is 26.5. The first-order valence-corrected chi connectivity index (χ1v) is 14.9. The molecule has 2 fully saturated rings. The molecule has 0 radical (unpaired) electrons. The van der Waals surface area contributed by atoms with Crippen LogP contribution in [-0.2, 0) is 14.8 Å². The van der Waals surface area contributed by atoms with Gasteiger partial charge in [0.05, 0.1) is 29.0 Å². The fourth-order valence-electron chi connectivity index (χ4n) is 4.70. The quantitative estimate of drug-likeness (QED) is 0.271. The van der Waals surface area contributed by atoms with E-state index >= 15 is 0 Å². The van der Waals surface area contributed by atoms with Gasteiger partial charge in [0.25, 0.3) is 0 Å². The van der Waals surface area contributed by atoms with Gasteiger partial charge in [0.2, 0.25) is 21.9 Å². The van der Waals surface area contributed by atoms with Crippen LogP contribution in [0.15, 0.2) is 35.4 Å². The van der Waals surface area contributed by atoms with Crippen molar-refractivity contribution >= 4 is 32.9 Å². The van der Waals surface area contributed by atoms with Crippen molar-refractivity contribution in [2.75, 3.05) is 18.4 Å². The molecule has 5 rings (SSSR count). The van der Waals surface area contributed by atoms with Crippen LogP contribution in [0.3, 0.4) is 0 Å². The average molecular weight is 542 g/mol. The molecule has 3 aromatic rings. The molecule has 2 aromatic heterocycles. The summed E-state index contributed by atoms with van der Waals surface area (Å²) in [7, 11) is -3.84. The van der Waals surface area contributed by atoms with Gasteiger partial charge < -0.3 is 15.7 Å². The van der Waals surface area contributed by atoms with Crippen molar-refractivity contribution in [1.82, 2.24) is 29.8 Å². The summed E-state index contributed by atoms with van der Waals surface area (Å²) in [6, 6.07) is 6.73. The number of hydrogen-bond donors (Lipinski definition) is 4. The van der Waals surface area contributed by atoms with E-state index in [1.54, 1.807) is 18.3 Å². The van der Waals surface area contributed by atoms with Gasteiger partial charge in [0.1, 0.15) is 5.69 Å². The van der Waals surface area contributed by atoms with Crippen LogP contribution in [-0.4, -0.2) is 64.4 Å². The maximum atomic E-state index is 12.7. The highest BCUT2D eigenvalue weighted by Gasteiger charge is 2.26. The highest BCUT2D eigenvalue weighted by Crippen LogP contribution is 2.34. The second-order valence-corrected chi connectivity index (χ2v) is 11.9. The standard InChI is InChI=1S/C26H35N7O4S/c1-2-3-14-27-26-28-15-22-24(32-33(25(22)31-26)19-8-10-20(34)11-9-19)17-4-12-21(13-5-17)38(36,37)29-16-23(35)30-18-6-7-18/h4-5,12-13,15,18-20,29,34H,2-3,6-11,14,16H2,1H3,(H,30,35)(H,27,28,31). The van der Waals surface area contributed by atoms with Crippen molar-refractivity contribution < 1.29 is 18.3 Å². The molecule has 12 heteroatoms. The van der Waals surface area contributed by atoms with E-state index in [2.05, 4.69) is 27.3 Å². The van der Waals surface area contributed by atoms with Gasteiger partial charge in [0, 0.05) is 24.3 Å². The van der Waals surface area contributed by atoms with Crippen LogP contribution in [0.5, 0.6) is 0 Å². The lowest BCUT2D eigenvalue weighted by Crippen LogP contribution is -2.37. The van der Waals surface area contributed by atoms with Crippen molar-refractivity contribution in [2.45, 2.75) is 81.4 Å². The lowest BCUT2D eigenvalue weighted by atomic mass is 9.93. The Morgan fingerprint density at radius 2 is 1.84 bits per heavy atom. The minimum absolute atomic E-state index is 0.0733. The van der Waals surface area contributed by atoms with E-state index in [0.717, 1.165) is 61.7 Å². The molecule has 0 bridgehead atoms. The highest BCUT2D eigenvalue weighted by molar-refractivity contribution is 7.89. The zero-order chi connectivity index (χ0) is 26.7. The highest BCUT2D eigenvalue weighted by atomic mass is 32.2. The minimum Gasteiger partial charge on any atom is -0.393 e. The summed E-state index contributed by atoms with van der Waals surface area (Å²) < 4.78 is 29.8. The van der Waals surface area contributed by atoms with Crippen LogP contribution in [0.25, 0.3) is 22.3 Å². The normalized spacial score (nSPS) is 19.9. The molecule has 2 aliphatic rings. The van der Waals surface area contributed by atoms with Gasteiger partial charge in [-0.3, -0.25) is 4.79 Å². The van der Waals surface area contributed by atoms with Crippen LogP contribution >= 0.6 is 0 Å². The molecule has 4 N–H and O–H groups in total. The van der Waals surface area contributed by atoms with Gasteiger partial charge in [-0.1, -0.05) is 25.5 Å². The number of benzene rings is 1. The second kappa shape index (κ2) is 11.3. The molecule has 38 heavy (non-hydrogen) atoms. The Hall–Kier alpha value is -3.09. The minimum atomic E-state index is -3.84. The largest absolute Gasteiger partial charge is 0.393 e. The lowest BCUT2D eigenvalue weighted by Gasteiger charge is -2.25. The van der Waals surface area contributed by atoms with Crippen LogP contribution in [0, 0.1) is 0 Å². The Morgan fingerprint density at radius 1 is 1.11 bits per heavy atom. The summed E-state index contributed by atoms with van der Waals surface area (Å²) in [5, 5.41) is 21.7. The van der Waals surface area contributed by atoms with Gasteiger partial charge in [-0.2, -0.15) is 10.1 Å². The third-order valence-electron chi connectivity index (χ3n) is 7.08. The number of aliphatic hydroxyl groups is 1. The number of sulfonamides is 1. The number of carbonyl (C=O) groups excluding carboxylic acids is 1. The molecule has 0 spiro atoms. The van der Waals surface area contributed by atoms with Crippen LogP contribution in [0.1, 0.15) is 64.3 Å². The zero-order valence-electron chi connectivity index (χ0n) is 21.6. The Kier molecular flexibility index (Phi) is 7.91. The topological polar surface area (TPSA) is 151 Å². The number of nitrogens with zero attached hydrogens (tertiary/aromatic N) is 4. The Morgan fingerprint density at radius 3 is 2.53 bits per heavy atom. The molecule has 11 nitrogen and oxygen atoms in total. The number of unbranched alkanes of at least 4 members (excludes halogenated alkanes) is 1. The number of hydrogen-bond acceptors (Lipinski definition) is 8.